The zero-order chi connectivity index (χ0) is 14.7. The molecule has 0 saturated carbocycles. The van der Waals surface area contributed by atoms with E-state index in [1.807, 2.05) is 24.3 Å². The minimum atomic E-state index is 0.0450. The van der Waals surface area contributed by atoms with E-state index in [2.05, 4.69) is 21.5 Å². The molecule has 5 heteroatoms. The van der Waals surface area contributed by atoms with Gasteiger partial charge in [-0.15, -0.1) is 6.42 Å². The fraction of sp³-hybridized carbons (Fsp3) is 0.250. The van der Waals surface area contributed by atoms with Gasteiger partial charge in [0.25, 0.3) is 0 Å². The number of thiazole rings is 1. The number of carbonyl (C=O) groups excluding carboxylic acids is 1. The van der Waals surface area contributed by atoms with Crippen LogP contribution < -0.4 is 10.6 Å². The first kappa shape index (κ1) is 13.8. The molecule has 1 amide bonds. The van der Waals surface area contributed by atoms with Crippen molar-refractivity contribution in [1.29, 1.82) is 0 Å². The van der Waals surface area contributed by atoms with Gasteiger partial charge < -0.3 is 10.6 Å². The van der Waals surface area contributed by atoms with Gasteiger partial charge in [-0.3, -0.25) is 4.79 Å². The summed E-state index contributed by atoms with van der Waals surface area (Å²) in [5.41, 5.74) is 1.90. The molecule has 0 radical (unpaired) electrons. The molecule has 1 aliphatic rings. The molecule has 3 rings (SSSR count). The van der Waals surface area contributed by atoms with Crippen molar-refractivity contribution in [2.75, 3.05) is 18.4 Å². The Balaban J connectivity index is 1.70. The number of amides is 1. The summed E-state index contributed by atoms with van der Waals surface area (Å²) in [5, 5.41) is 6.72. The highest BCUT2D eigenvalue weighted by atomic mass is 32.1. The fourth-order valence-electron chi connectivity index (χ4n) is 2.28. The molecule has 1 saturated heterocycles. The Morgan fingerprint density at radius 2 is 2.24 bits per heavy atom. The average molecular weight is 297 g/mol. The van der Waals surface area contributed by atoms with E-state index < -0.39 is 0 Å². The van der Waals surface area contributed by atoms with Crippen molar-refractivity contribution in [3.05, 3.63) is 36.0 Å². The van der Waals surface area contributed by atoms with Crippen molar-refractivity contribution in [3.8, 4) is 22.8 Å². The number of hydrogen-bond donors (Lipinski definition) is 2. The van der Waals surface area contributed by atoms with Crippen molar-refractivity contribution in [2.24, 2.45) is 5.92 Å². The van der Waals surface area contributed by atoms with Crippen LogP contribution in [0.3, 0.4) is 0 Å². The minimum absolute atomic E-state index is 0.0450. The van der Waals surface area contributed by atoms with Crippen LogP contribution in [0.2, 0.25) is 0 Å². The van der Waals surface area contributed by atoms with E-state index in [1.54, 1.807) is 6.20 Å². The van der Waals surface area contributed by atoms with Crippen LogP contribution in [0, 0.1) is 18.3 Å². The Kier molecular flexibility index (Phi) is 4.00. The Morgan fingerprint density at radius 3 is 2.90 bits per heavy atom. The van der Waals surface area contributed by atoms with Gasteiger partial charge in [0.2, 0.25) is 5.91 Å². The van der Waals surface area contributed by atoms with Crippen LogP contribution >= 0.6 is 11.3 Å². The van der Waals surface area contributed by atoms with Gasteiger partial charge in [0.1, 0.15) is 0 Å². The van der Waals surface area contributed by atoms with Crippen LogP contribution in [0.5, 0.6) is 0 Å². The molecule has 1 atom stereocenters. The van der Waals surface area contributed by atoms with E-state index in [1.165, 1.54) is 11.3 Å². The van der Waals surface area contributed by atoms with E-state index in [0.29, 0.717) is 5.13 Å². The Labute approximate surface area is 127 Å². The third-order valence-electron chi connectivity index (χ3n) is 3.50. The zero-order valence-electron chi connectivity index (χ0n) is 11.4. The maximum absolute atomic E-state index is 12.0. The number of carbonyl (C=O) groups is 1. The van der Waals surface area contributed by atoms with Gasteiger partial charge in [-0.1, -0.05) is 29.4 Å². The Hall–Kier alpha value is -2.16. The lowest BCUT2D eigenvalue weighted by Crippen LogP contribution is -2.24. The van der Waals surface area contributed by atoms with Crippen LogP contribution in [-0.4, -0.2) is 24.0 Å². The summed E-state index contributed by atoms with van der Waals surface area (Å²) < 4.78 is 0. The molecule has 21 heavy (non-hydrogen) atoms. The number of benzene rings is 1. The van der Waals surface area contributed by atoms with Gasteiger partial charge in [-0.2, -0.15) is 0 Å². The first-order valence-electron chi connectivity index (χ1n) is 6.81. The van der Waals surface area contributed by atoms with Gasteiger partial charge >= 0.3 is 0 Å². The maximum Gasteiger partial charge on any atom is 0.230 e. The number of nitrogens with zero attached hydrogens (tertiary/aromatic N) is 1. The normalized spacial score (nSPS) is 17.4. The number of nitrogens with one attached hydrogen (secondary N) is 2. The summed E-state index contributed by atoms with van der Waals surface area (Å²) in [5.74, 6) is 2.69. The largest absolute Gasteiger partial charge is 0.316 e. The molecular weight excluding hydrogens is 282 g/mol. The van der Waals surface area contributed by atoms with E-state index in [9.17, 15) is 4.79 Å². The first-order chi connectivity index (χ1) is 10.3. The van der Waals surface area contributed by atoms with Crippen LogP contribution in [0.1, 0.15) is 12.0 Å². The second kappa shape index (κ2) is 6.08. The van der Waals surface area contributed by atoms with Crippen LogP contribution in [0.25, 0.3) is 10.4 Å². The van der Waals surface area contributed by atoms with Crippen molar-refractivity contribution in [1.82, 2.24) is 10.3 Å². The van der Waals surface area contributed by atoms with Gasteiger partial charge in [0, 0.05) is 18.3 Å². The molecule has 1 aliphatic heterocycles. The van der Waals surface area contributed by atoms with Crippen molar-refractivity contribution in [3.63, 3.8) is 0 Å². The number of anilines is 1. The number of rotatable bonds is 3. The topological polar surface area (TPSA) is 54.0 Å². The highest BCUT2D eigenvalue weighted by Gasteiger charge is 2.23. The standard InChI is InChI=1S/C16H15N3OS/c1-2-11-3-5-12(6-4-11)14-10-18-16(21-14)19-15(20)13-7-8-17-9-13/h1,3-6,10,13,17H,7-9H2,(H,18,19,20). The quantitative estimate of drug-likeness (QED) is 0.855. The fourth-order valence-corrected chi connectivity index (χ4v) is 3.11. The van der Waals surface area contributed by atoms with E-state index in [0.717, 1.165) is 35.5 Å². The minimum Gasteiger partial charge on any atom is -0.316 e. The smallest absolute Gasteiger partial charge is 0.230 e. The SMILES string of the molecule is C#Cc1ccc(-c2cnc(NC(=O)C3CCNC3)s2)cc1. The number of terminal acetylenes is 1. The van der Waals surface area contributed by atoms with Gasteiger partial charge in [-0.05, 0) is 30.7 Å². The van der Waals surface area contributed by atoms with E-state index in [4.69, 9.17) is 6.42 Å². The summed E-state index contributed by atoms with van der Waals surface area (Å²) in [6.45, 7) is 1.65. The third kappa shape index (κ3) is 3.13. The first-order valence-corrected chi connectivity index (χ1v) is 7.62. The number of hydrogen-bond acceptors (Lipinski definition) is 4. The molecule has 2 N–H and O–H groups in total. The molecule has 1 aromatic carbocycles. The molecule has 4 nitrogen and oxygen atoms in total. The molecule has 106 valence electrons. The molecule has 2 aromatic rings. The Bertz CT molecular complexity index is 678. The third-order valence-corrected chi connectivity index (χ3v) is 4.46. The number of aromatic nitrogens is 1. The van der Waals surface area contributed by atoms with Crippen LogP contribution in [0.4, 0.5) is 5.13 Å². The van der Waals surface area contributed by atoms with Crippen molar-refractivity contribution in [2.45, 2.75) is 6.42 Å². The molecule has 0 spiro atoms. The molecule has 2 heterocycles. The van der Waals surface area contributed by atoms with Crippen molar-refractivity contribution < 1.29 is 4.79 Å². The average Bonchev–Trinajstić information content (AvgIpc) is 3.19. The molecular formula is C16H15N3OS. The van der Waals surface area contributed by atoms with Crippen molar-refractivity contribution >= 4 is 22.4 Å². The second-order valence-corrected chi connectivity index (χ2v) is 5.96. The van der Waals surface area contributed by atoms with Gasteiger partial charge in [0.05, 0.1) is 10.8 Å². The van der Waals surface area contributed by atoms with Crippen LogP contribution in [-0.2, 0) is 4.79 Å². The van der Waals surface area contributed by atoms with Crippen LogP contribution in [0.15, 0.2) is 30.5 Å². The lowest BCUT2D eigenvalue weighted by molar-refractivity contribution is -0.119. The lowest BCUT2D eigenvalue weighted by Gasteiger charge is -2.06. The lowest BCUT2D eigenvalue weighted by atomic mass is 10.1. The van der Waals surface area contributed by atoms with E-state index in [-0.39, 0.29) is 11.8 Å². The molecule has 1 unspecified atom stereocenters. The second-order valence-electron chi connectivity index (χ2n) is 4.93. The summed E-state index contributed by atoms with van der Waals surface area (Å²) in [7, 11) is 0. The van der Waals surface area contributed by atoms with Gasteiger partial charge in [0.15, 0.2) is 5.13 Å². The van der Waals surface area contributed by atoms with E-state index >= 15 is 0 Å². The Morgan fingerprint density at radius 1 is 1.43 bits per heavy atom. The predicted octanol–water partition coefficient (Wildman–Crippen LogP) is 2.34. The molecule has 1 fully saturated rings. The summed E-state index contributed by atoms with van der Waals surface area (Å²) in [4.78, 5) is 17.3. The molecule has 1 aromatic heterocycles. The highest BCUT2D eigenvalue weighted by Crippen LogP contribution is 2.29. The summed E-state index contributed by atoms with van der Waals surface area (Å²) >= 11 is 1.47. The monoisotopic (exact) mass is 297 g/mol. The molecule has 0 bridgehead atoms. The van der Waals surface area contributed by atoms with Gasteiger partial charge in [-0.25, -0.2) is 4.98 Å². The molecule has 0 aliphatic carbocycles. The predicted molar refractivity (Wildman–Crippen MR) is 85.1 cm³/mol. The maximum atomic E-state index is 12.0. The highest BCUT2D eigenvalue weighted by molar-refractivity contribution is 7.19. The zero-order valence-corrected chi connectivity index (χ0v) is 12.2. The summed E-state index contributed by atoms with van der Waals surface area (Å²) in [6, 6.07) is 7.74. The summed E-state index contributed by atoms with van der Waals surface area (Å²) in [6.07, 6.45) is 8.01.